The highest BCUT2D eigenvalue weighted by atomic mass is 127. The fraction of sp³-hybridized carbons (Fsp3) is 0.333. The van der Waals surface area contributed by atoms with Crippen LogP contribution >= 0.6 is 38.5 Å². The molecular formula is C6H6BrI. The van der Waals surface area contributed by atoms with Gasteiger partial charge in [-0.05, 0) is 6.42 Å². The van der Waals surface area contributed by atoms with E-state index in [1.54, 1.807) is 0 Å². The zero-order chi connectivity index (χ0) is 5.98. The van der Waals surface area contributed by atoms with Gasteiger partial charge in [-0.3, -0.25) is 0 Å². The van der Waals surface area contributed by atoms with E-state index in [0.717, 1.165) is 6.42 Å². The van der Waals surface area contributed by atoms with Crippen LogP contribution in [0.2, 0.25) is 0 Å². The van der Waals surface area contributed by atoms with Crippen molar-refractivity contribution in [1.29, 1.82) is 0 Å². The van der Waals surface area contributed by atoms with Crippen LogP contribution in [0.5, 0.6) is 0 Å². The second kappa shape index (κ2) is 3.01. The Hall–Kier alpha value is 0.690. The van der Waals surface area contributed by atoms with Crippen LogP contribution in [0.4, 0.5) is 0 Å². The van der Waals surface area contributed by atoms with Crippen molar-refractivity contribution < 1.29 is 0 Å². The van der Waals surface area contributed by atoms with Crippen LogP contribution in [-0.4, -0.2) is 3.92 Å². The van der Waals surface area contributed by atoms with Crippen molar-refractivity contribution in [2.24, 2.45) is 0 Å². The van der Waals surface area contributed by atoms with Crippen molar-refractivity contribution in [3.8, 4) is 0 Å². The third kappa shape index (κ3) is 1.90. The predicted molar refractivity (Wildman–Crippen MR) is 48.6 cm³/mol. The lowest BCUT2D eigenvalue weighted by Gasteiger charge is -2.04. The molecule has 0 saturated carbocycles. The maximum absolute atomic E-state index is 3.39. The molecule has 1 aliphatic carbocycles. The molecule has 0 radical (unpaired) electrons. The lowest BCUT2D eigenvalue weighted by Crippen LogP contribution is -1.92. The normalized spacial score (nSPS) is 27.8. The molecule has 0 aliphatic heterocycles. The average Bonchev–Trinajstić information content (AvgIpc) is 1.77. The Morgan fingerprint density at radius 1 is 1.75 bits per heavy atom. The molecule has 1 atom stereocenters. The number of halogens is 2. The van der Waals surface area contributed by atoms with Gasteiger partial charge in [0.1, 0.15) is 0 Å². The quantitative estimate of drug-likeness (QED) is 0.474. The first kappa shape index (κ1) is 6.81. The van der Waals surface area contributed by atoms with Gasteiger partial charge in [-0.1, -0.05) is 56.7 Å². The van der Waals surface area contributed by atoms with E-state index in [1.165, 1.54) is 4.48 Å². The van der Waals surface area contributed by atoms with E-state index in [0.29, 0.717) is 3.92 Å². The summed E-state index contributed by atoms with van der Waals surface area (Å²) in [6.45, 7) is 0. The first-order valence-corrected chi connectivity index (χ1v) is 4.51. The lowest BCUT2D eigenvalue weighted by atomic mass is 10.2. The van der Waals surface area contributed by atoms with E-state index in [-0.39, 0.29) is 0 Å². The molecule has 0 amide bonds. The maximum Gasteiger partial charge on any atom is 0.0327 e. The molecule has 0 spiro atoms. The number of rotatable bonds is 0. The van der Waals surface area contributed by atoms with Crippen LogP contribution in [0.15, 0.2) is 22.7 Å². The van der Waals surface area contributed by atoms with E-state index >= 15 is 0 Å². The average molecular weight is 285 g/mol. The minimum Gasteiger partial charge on any atom is -0.0777 e. The molecule has 0 saturated heterocycles. The van der Waals surface area contributed by atoms with Gasteiger partial charge in [-0.2, -0.15) is 0 Å². The highest BCUT2D eigenvalue weighted by molar-refractivity contribution is 14.1. The molecule has 0 aromatic heterocycles. The summed E-state index contributed by atoms with van der Waals surface area (Å²) in [7, 11) is 0. The van der Waals surface area contributed by atoms with Crippen LogP contribution in [0.1, 0.15) is 6.42 Å². The summed E-state index contributed by atoms with van der Waals surface area (Å²) in [5.74, 6) is 0. The van der Waals surface area contributed by atoms with E-state index in [2.05, 4.69) is 56.7 Å². The largest absolute Gasteiger partial charge is 0.0777 e. The van der Waals surface area contributed by atoms with Crippen molar-refractivity contribution in [1.82, 2.24) is 0 Å². The highest BCUT2D eigenvalue weighted by Gasteiger charge is 2.00. The second-order valence-corrected chi connectivity index (χ2v) is 4.22. The predicted octanol–water partition coefficient (Wildman–Crippen LogP) is 3.03. The Kier molecular flexibility index (Phi) is 2.56. The summed E-state index contributed by atoms with van der Waals surface area (Å²) >= 11 is 5.80. The van der Waals surface area contributed by atoms with Gasteiger partial charge in [0.15, 0.2) is 0 Å². The van der Waals surface area contributed by atoms with E-state index in [1.807, 2.05) is 0 Å². The van der Waals surface area contributed by atoms with Gasteiger partial charge in [0, 0.05) is 8.41 Å². The molecule has 2 heteroatoms. The highest BCUT2D eigenvalue weighted by Crippen LogP contribution is 2.19. The standard InChI is InChI=1S/C6H6BrI/c7-5-1-3-6(8)4-2-5/h1-3,6H,4H2. The van der Waals surface area contributed by atoms with Gasteiger partial charge in [0.25, 0.3) is 0 Å². The van der Waals surface area contributed by atoms with Crippen molar-refractivity contribution in [2.45, 2.75) is 10.3 Å². The molecule has 1 aliphatic rings. The van der Waals surface area contributed by atoms with Crippen LogP contribution in [0, 0.1) is 0 Å². The Labute approximate surface area is 71.3 Å². The Morgan fingerprint density at radius 2 is 2.50 bits per heavy atom. The zero-order valence-corrected chi connectivity index (χ0v) is 8.02. The van der Waals surface area contributed by atoms with Gasteiger partial charge in [-0.25, -0.2) is 0 Å². The Morgan fingerprint density at radius 3 is 2.88 bits per heavy atom. The molecule has 0 N–H and O–H groups in total. The summed E-state index contributed by atoms with van der Waals surface area (Å²) in [6, 6.07) is 0. The monoisotopic (exact) mass is 284 g/mol. The van der Waals surface area contributed by atoms with Crippen LogP contribution in [0.3, 0.4) is 0 Å². The first-order valence-electron chi connectivity index (χ1n) is 2.47. The number of hydrogen-bond acceptors (Lipinski definition) is 0. The summed E-state index contributed by atoms with van der Waals surface area (Å²) in [6.07, 6.45) is 7.65. The van der Waals surface area contributed by atoms with E-state index in [4.69, 9.17) is 0 Å². The smallest absolute Gasteiger partial charge is 0.0327 e. The fourth-order valence-electron chi connectivity index (χ4n) is 0.568. The number of allylic oxidation sites excluding steroid dienone is 4. The topological polar surface area (TPSA) is 0 Å². The Bertz CT molecular complexity index is 137. The molecule has 1 rings (SSSR count). The van der Waals surface area contributed by atoms with Gasteiger partial charge >= 0.3 is 0 Å². The van der Waals surface area contributed by atoms with Crippen LogP contribution in [0.25, 0.3) is 0 Å². The third-order valence-corrected chi connectivity index (χ3v) is 2.51. The summed E-state index contributed by atoms with van der Waals surface area (Å²) in [4.78, 5) is 0. The molecule has 8 heavy (non-hydrogen) atoms. The lowest BCUT2D eigenvalue weighted by molar-refractivity contribution is 1.09. The first-order chi connectivity index (χ1) is 3.79. The van der Waals surface area contributed by atoms with Crippen molar-refractivity contribution in [3.63, 3.8) is 0 Å². The molecular weight excluding hydrogens is 279 g/mol. The molecule has 0 nitrogen and oxygen atoms in total. The molecule has 0 fully saturated rings. The maximum atomic E-state index is 3.39. The van der Waals surface area contributed by atoms with E-state index < -0.39 is 0 Å². The minimum absolute atomic E-state index is 0.703. The van der Waals surface area contributed by atoms with Gasteiger partial charge in [-0.15, -0.1) is 0 Å². The molecule has 0 aromatic carbocycles. The van der Waals surface area contributed by atoms with Crippen molar-refractivity contribution in [3.05, 3.63) is 22.7 Å². The van der Waals surface area contributed by atoms with Crippen molar-refractivity contribution >= 4 is 38.5 Å². The SMILES string of the molecule is BrC1=CCC(I)C=C1. The van der Waals surface area contributed by atoms with Gasteiger partial charge < -0.3 is 0 Å². The molecule has 0 aromatic rings. The molecule has 0 heterocycles. The summed E-state index contributed by atoms with van der Waals surface area (Å²) < 4.78 is 1.92. The summed E-state index contributed by atoms with van der Waals surface area (Å²) in [5.41, 5.74) is 0. The van der Waals surface area contributed by atoms with Crippen LogP contribution in [-0.2, 0) is 0 Å². The number of alkyl halides is 1. The Balaban J connectivity index is 2.58. The fourth-order valence-corrected chi connectivity index (χ4v) is 1.37. The zero-order valence-electron chi connectivity index (χ0n) is 4.27. The van der Waals surface area contributed by atoms with Gasteiger partial charge in [0.2, 0.25) is 0 Å². The third-order valence-electron chi connectivity index (χ3n) is 1.00. The van der Waals surface area contributed by atoms with Crippen molar-refractivity contribution in [2.75, 3.05) is 0 Å². The molecule has 44 valence electrons. The minimum atomic E-state index is 0.703. The van der Waals surface area contributed by atoms with E-state index in [9.17, 15) is 0 Å². The molecule has 1 unspecified atom stereocenters. The molecule has 0 bridgehead atoms. The number of hydrogen-bond donors (Lipinski definition) is 0. The summed E-state index contributed by atoms with van der Waals surface area (Å²) in [5, 5.41) is 0. The van der Waals surface area contributed by atoms with Gasteiger partial charge in [0.05, 0.1) is 0 Å². The second-order valence-electron chi connectivity index (χ2n) is 1.70. The van der Waals surface area contributed by atoms with Crippen LogP contribution < -0.4 is 0 Å².